The molecule has 2 aromatic rings. The number of aromatic amines is 1. The van der Waals surface area contributed by atoms with Crippen LogP contribution in [0.1, 0.15) is 47.3 Å². The summed E-state index contributed by atoms with van der Waals surface area (Å²) < 4.78 is 0. The van der Waals surface area contributed by atoms with Gasteiger partial charge in [0.15, 0.2) is 0 Å². The lowest BCUT2D eigenvalue weighted by Gasteiger charge is -2.30. The first-order valence-electron chi connectivity index (χ1n) is 9.02. The van der Waals surface area contributed by atoms with E-state index in [0.29, 0.717) is 6.04 Å². The van der Waals surface area contributed by atoms with Crippen molar-refractivity contribution in [3.8, 4) is 0 Å². The van der Waals surface area contributed by atoms with Gasteiger partial charge in [-0.2, -0.15) is 0 Å². The lowest BCUT2D eigenvalue weighted by atomic mass is 10.1. The molecule has 3 rings (SSSR count). The van der Waals surface area contributed by atoms with Gasteiger partial charge in [0, 0.05) is 41.3 Å². The number of nitrogens with zero attached hydrogens (tertiary/aromatic N) is 2. The monoisotopic (exact) mass is 327 g/mol. The predicted molar refractivity (Wildman–Crippen MR) is 99.6 cm³/mol. The van der Waals surface area contributed by atoms with Crippen LogP contribution in [-0.2, 0) is 0 Å². The van der Waals surface area contributed by atoms with Crippen LogP contribution in [0.3, 0.4) is 0 Å². The van der Waals surface area contributed by atoms with E-state index in [-0.39, 0.29) is 5.91 Å². The molecule has 1 saturated carbocycles. The summed E-state index contributed by atoms with van der Waals surface area (Å²) in [5.41, 5.74) is 4.34. The fourth-order valence-corrected chi connectivity index (χ4v) is 3.73. The standard InChI is InChI=1S/C20H29N3O/c1-14-15(2)21-19-10-9-16(13-18(14)19)20(24)23(12-11-22(3)4)17-7-5-6-8-17/h9-10,13,17,21H,5-8,11-12H2,1-4H3. The SMILES string of the molecule is Cc1[nH]c2ccc(C(=O)N(CCN(C)C)C3CCCC3)cc2c1C. The molecular weight excluding hydrogens is 298 g/mol. The van der Waals surface area contributed by atoms with Gasteiger partial charge in [-0.1, -0.05) is 12.8 Å². The third-order valence-electron chi connectivity index (χ3n) is 5.37. The average Bonchev–Trinajstić information content (AvgIpc) is 3.16. The topological polar surface area (TPSA) is 39.3 Å². The smallest absolute Gasteiger partial charge is 0.254 e. The summed E-state index contributed by atoms with van der Waals surface area (Å²) in [4.78, 5) is 20.9. The number of hydrogen-bond acceptors (Lipinski definition) is 2. The van der Waals surface area contributed by atoms with Crippen LogP contribution in [0.15, 0.2) is 18.2 Å². The van der Waals surface area contributed by atoms with Gasteiger partial charge in [0.05, 0.1) is 0 Å². The Bertz CT molecular complexity index is 726. The Morgan fingerprint density at radius 3 is 2.54 bits per heavy atom. The fourth-order valence-electron chi connectivity index (χ4n) is 3.73. The average molecular weight is 327 g/mol. The van der Waals surface area contributed by atoms with E-state index in [1.807, 2.05) is 12.1 Å². The molecule has 1 fully saturated rings. The van der Waals surface area contributed by atoms with Crippen molar-refractivity contribution in [3.63, 3.8) is 0 Å². The van der Waals surface area contributed by atoms with Gasteiger partial charge in [-0.25, -0.2) is 0 Å². The van der Waals surface area contributed by atoms with E-state index in [4.69, 9.17) is 0 Å². The molecule has 1 aromatic heterocycles. The zero-order valence-electron chi connectivity index (χ0n) is 15.4. The number of amides is 1. The number of H-pyrrole nitrogens is 1. The van der Waals surface area contributed by atoms with Crippen molar-refractivity contribution >= 4 is 16.8 Å². The predicted octanol–water partition coefficient (Wildman–Crippen LogP) is 3.73. The van der Waals surface area contributed by atoms with Gasteiger partial charge < -0.3 is 14.8 Å². The summed E-state index contributed by atoms with van der Waals surface area (Å²) >= 11 is 0. The Balaban J connectivity index is 1.89. The molecule has 0 radical (unpaired) electrons. The Labute approximate surface area is 144 Å². The van der Waals surface area contributed by atoms with Gasteiger partial charge in [-0.05, 0) is 64.5 Å². The number of nitrogens with one attached hydrogen (secondary N) is 1. The maximum absolute atomic E-state index is 13.2. The zero-order chi connectivity index (χ0) is 17.3. The van der Waals surface area contributed by atoms with E-state index in [1.54, 1.807) is 0 Å². The van der Waals surface area contributed by atoms with Gasteiger partial charge in [0.1, 0.15) is 0 Å². The molecule has 1 aromatic carbocycles. The number of carbonyl (C=O) groups excluding carboxylic acids is 1. The van der Waals surface area contributed by atoms with Crippen molar-refractivity contribution in [2.75, 3.05) is 27.2 Å². The Morgan fingerprint density at radius 2 is 1.88 bits per heavy atom. The molecule has 0 unspecified atom stereocenters. The van der Waals surface area contributed by atoms with Crippen molar-refractivity contribution in [2.24, 2.45) is 0 Å². The maximum Gasteiger partial charge on any atom is 0.254 e. The first kappa shape index (κ1) is 17.0. The lowest BCUT2D eigenvalue weighted by molar-refractivity contribution is 0.0668. The Morgan fingerprint density at radius 1 is 1.17 bits per heavy atom. The number of fused-ring (bicyclic) bond motifs is 1. The molecule has 130 valence electrons. The second-order valence-corrected chi connectivity index (χ2v) is 7.38. The molecule has 1 aliphatic carbocycles. The summed E-state index contributed by atoms with van der Waals surface area (Å²) in [5.74, 6) is 0.184. The van der Waals surface area contributed by atoms with Crippen LogP contribution in [-0.4, -0.2) is 53.9 Å². The van der Waals surface area contributed by atoms with Crippen molar-refractivity contribution in [1.82, 2.24) is 14.8 Å². The molecule has 24 heavy (non-hydrogen) atoms. The summed E-state index contributed by atoms with van der Waals surface area (Å²) in [6.45, 7) is 5.91. The van der Waals surface area contributed by atoms with E-state index >= 15 is 0 Å². The molecule has 1 aliphatic rings. The molecule has 1 N–H and O–H groups in total. The van der Waals surface area contributed by atoms with Crippen LogP contribution in [0.4, 0.5) is 0 Å². The minimum absolute atomic E-state index is 0.184. The van der Waals surface area contributed by atoms with Crippen LogP contribution in [0.5, 0.6) is 0 Å². The van der Waals surface area contributed by atoms with E-state index in [0.717, 1.165) is 42.4 Å². The molecule has 4 nitrogen and oxygen atoms in total. The second-order valence-electron chi connectivity index (χ2n) is 7.38. The third-order valence-corrected chi connectivity index (χ3v) is 5.37. The molecule has 0 spiro atoms. The summed E-state index contributed by atoms with van der Waals surface area (Å²) in [6.07, 6.45) is 4.77. The van der Waals surface area contributed by atoms with Crippen LogP contribution < -0.4 is 0 Å². The highest BCUT2D eigenvalue weighted by Gasteiger charge is 2.27. The van der Waals surface area contributed by atoms with E-state index < -0.39 is 0 Å². The minimum atomic E-state index is 0.184. The number of aromatic nitrogens is 1. The third kappa shape index (κ3) is 3.34. The normalized spacial score (nSPS) is 15.5. The highest BCUT2D eigenvalue weighted by Crippen LogP contribution is 2.27. The van der Waals surface area contributed by atoms with Crippen LogP contribution in [0.2, 0.25) is 0 Å². The molecule has 0 aliphatic heterocycles. The maximum atomic E-state index is 13.2. The highest BCUT2D eigenvalue weighted by atomic mass is 16.2. The number of benzene rings is 1. The molecule has 4 heteroatoms. The number of carbonyl (C=O) groups is 1. The van der Waals surface area contributed by atoms with Crippen molar-refractivity contribution in [1.29, 1.82) is 0 Å². The zero-order valence-corrected chi connectivity index (χ0v) is 15.4. The lowest BCUT2D eigenvalue weighted by Crippen LogP contribution is -2.42. The number of aryl methyl sites for hydroxylation is 2. The Hall–Kier alpha value is -1.81. The van der Waals surface area contributed by atoms with Crippen LogP contribution in [0, 0.1) is 13.8 Å². The van der Waals surface area contributed by atoms with Crippen molar-refractivity contribution in [3.05, 3.63) is 35.0 Å². The summed E-state index contributed by atoms with van der Waals surface area (Å²) in [7, 11) is 4.13. The second kappa shape index (κ2) is 6.98. The number of rotatable bonds is 5. The van der Waals surface area contributed by atoms with Gasteiger partial charge in [0.25, 0.3) is 5.91 Å². The largest absolute Gasteiger partial charge is 0.358 e. The number of hydrogen-bond donors (Lipinski definition) is 1. The van der Waals surface area contributed by atoms with Crippen LogP contribution in [0.25, 0.3) is 10.9 Å². The van der Waals surface area contributed by atoms with E-state index in [1.165, 1.54) is 24.1 Å². The molecule has 1 amide bonds. The molecule has 0 atom stereocenters. The summed E-state index contributed by atoms with van der Waals surface area (Å²) in [6, 6.07) is 6.48. The van der Waals surface area contributed by atoms with Crippen molar-refractivity contribution in [2.45, 2.75) is 45.6 Å². The van der Waals surface area contributed by atoms with E-state index in [2.05, 4.69) is 48.8 Å². The summed E-state index contributed by atoms with van der Waals surface area (Å²) in [5, 5.41) is 1.16. The number of likely N-dealkylation sites (N-methyl/N-ethyl adjacent to an activating group) is 1. The Kier molecular flexibility index (Phi) is 4.95. The van der Waals surface area contributed by atoms with E-state index in [9.17, 15) is 4.79 Å². The molecule has 0 bridgehead atoms. The minimum Gasteiger partial charge on any atom is -0.358 e. The molecule has 1 heterocycles. The van der Waals surface area contributed by atoms with Gasteiger partial charge >= 0.3 is 0 Å². The molecular formula is C20H29N3O. The highest BCUT2D eigenvalue weighted by molar-refractivity contribution is 5.99. The first-order valence-corrected chi connectivity index (χ1v) is 9.02. The first-order chi connectivity index (χ1) is 11.5. The van der Waals surface area contributed by atoms with Crippen molar-refractivity contribution < 1.29 is 4.79 Å². The molecule has 0 saturated heterocycles. The fraction of sp³-hybridized carbons (Fsp3) is 0.550. The van der Waals surface area contributed by atoms with Gasteiger partial charge in [-0.15, -0.1) is 0 Å². The van der Waals surface area contributed by atoms with Crippen LogP contribution >= 0.6 is 0 Å². The van der Waals surface area contributed by atoms with Gasteiger partial charge in [-0.3, -0.25) is 4.79 Å². The quantitative estimate of drug-likeness (QED) is 0.909. The van der Waals surface area contributed by atoms with Gasteiger partial charge in [0.2, 0.25) is 0 Å².